The zero-order valence-corrected chi connectivity index (χ0v) is 13.9. The molecule has 128 valence electrons. The van der Waals surface area contributed by atoms with Crippen molar-refractivity contribution in [3.05, 3.63) is 30.4 Å². The van der Waals surface area contributed by atoms with Crippen molar-refractivity contribution < 1.29 is 13.2 Å². The molecular weight excluding hydrogens is 330 g/mol. The van der Waals surface area contributed by atoms with E-state index >= 15 is 0 Å². The summed E-state index contributed by atoms with van der Waals surface area (Å²) in [7, 11) is -3.49. The molecule has 2 aromatic heterocycles. The third-order valence-electron chi connectivity index (χ3n) is 4.46. The van der Waals surface area contributed by atoms with Crippen molar-refractivity contribution in [2.75, 3.05) is 19.7 Å². The molecule has 2 aliphatic rings. The number of aromatic amines is 1. The lowest BCUT2D eigenvalue weighted by molar-refractivity contribution is 0.243. The summed E-state index contributed by atoms with van der Waals surface area (Å²) < 4.78 is 32.0. The van der Waals surface area contributed by atoms with Crippen LogP contribution in [0.1, 0.15) is 30.9 Å². The molecule has 2 aromatic rings. The van der Waals surface area contributed by atoms with Crippen LogP contribution in [0.25, 0.3) is 0 Å². The second-order valence-electron chi connectivity index (χ2n) is 6.32. The van der Waals surface area contributed by atoms with Gasteiger partial charge in [-0.2, -0.15) is 9.40 Å². The van der Waals surface area contributed by atoms with Gasteiger partial charge in [0.2, 0.25) is 5.88 Å². The number of imidazole rings is 1. The van der Waals surface area contributed by atoms with Gasteiger partial charge in [-0.05, 0) is 25.3 Å². The molecule has 4 rings (SSSR count). The summed E-state index contributed by atoms with van der Waals surface area (Å²) in [4.78, 5) is 6.43. The van der Waals surface area contributed by atoms with Gasteiger partial charge < -0.3 is 9.72 Å². The molecule has 0 spiro atoms. The van der Waals surface area contributed by atoms with Crippen LogP contribution in [0, 0.1) is 5.92 Å². The molecule has 24 heavy (non-hydrogen) atoms. The van der Waals surface area contributed by atoms with Crippen molar-refractivity contribution in [3.8, 4) is 5.88 Å². The zero-order valence-electron chi connectivity index (χ0n) is 13.1. The van der Waals surface area contributed by atoms with Gasteiger partial charge in [-0.3, -0.25) is 0 Å². The zero-order chi connectivity index (χ0) is 16.6. The molecule has 0 aromatic carbocycles. The lowest BCUT2D eigenvalue weighted by atomic mass is 10.1. The molecule has 1 N–H and O–H groups in total. The van der Waals surface area contributed by atoms with E-state index in [1.807, 2.05) is 12.1 Å². The van der Waals surface area contributed by atoms with E-state index in [1.54, 1.807) is 0 Å². The SMILES string of the molecule is O=S(=O)(c1cnc[nH]1)N1CCC(COc2ccc(C3CC3)nn2)C1. The molecule has 1 aliphatic heterocycles. The standard InChI is InChI=1S/C15H19N5O3S/c21-24(22,15-7-16-10-17-15)20-6-5-11(8-20)9-23-14-4-3-13(18-19-14)12-1-2-12/h3-4,7,10-12H,1-2,5-6,8-9H2,(H,16,17). The van der Waals surface area contributed by atoms with Gasteiger partial charge in [0.15, 0.2) is 5.03 Å². The summed E-state index contributed by atoms with van der Waals surface area (Å²) >= 11 is 0. The van der Waals surface area contributed by atoms with Gasteiger partial charge in [-0.1, -0.05) is 0 Å². The number of hydrogen-bond acceptors (Lipinski definition) is 6. The van der Waals surface area contributed by atoms with E-state index in [0.717, 1.165) is 12.1 Å². The van der Waals surface area contributed by atoms with E-state index < -0.39 is 10.0 Å². The Morgan fingerprint density at radius 3 is 2.79 bits per heavy atom. The minimum absolute atomic E-state index is 0.130. The maximum Gasteiger partial charge on any atom is 0.260 e. The van der Waals surface area contributed by atoms with Crippen molar-refractivity contribution in [2.45, 2.75) is 30.2 Å². The third-order valence-corrected chi connectivity index (χ3v) is 6.25. The second kappa shape index (κ2) is 6.14. The first-order chi connectivity index (χ1) is 11.6. The first kappa shape index (κ1) is 15.5. The summed E-state index contributed by atoms with van der Waals surface area (Å²) in [6, 6.07) is 3.80. The van der Waals surface area contributed by atoms with Gasteiger partial charge in [-0.15, -0.1) is 5.10 Å². The Balaban J connectivity index is 1.32. The van der Waals surface area contributed by atoms with Crippen LogP contribution in [0.5, 0.6) is 5.88 Å². The van der Waals surface area contributed by atoms with Crippen LogP contribution in [0.15, 0.2) is 29.7 Å². The number of hydrogen-bond donors (Lipinski definition) is 1. The number of rotatable bonds is 6. The van der Waals surface area contributed by atoms with Crippen LogP contribution in [-0.2, 0) is 10.0 Å². The van der Waals surface area contributed by atoms with Gasteiger partial charge in [0, 0.05) is 31.0 Å². The quantitative estimate of drug-likeness (QED) is 0.840. The molecular formula is C15H19N5O3S. The number of nitrogens with zero attached hydrogens (tertiary/aromatic N) is 4. The Hall–Kier alpha value is -2.00. The van der Waals surface area contributed by atoms with Crippen molar-refractivity contribution in [3.63, 3.8) is 0 Å². The first-order valence-corrected chi connectivity index (χ1v) is 9.52. The molecule has 1 atom stereocenters. The predicted octanol–water partition coefficient (Wildman–Crippen LogP) is 1.17. The normalized spacial score (nSPS) is 21.9. The van der Waals surface area contributed by atoms with Crippen molar-refractivity contribution in [2.24, 2.45) is 5.92 Å². The Labute approximate surface area is 140 Å². The average molecular weight is 349 g/mol. The van der Waals surface area contributed by atoms with Gasteiger partial charge in [0.05, 0.1) is 24.8 Å². The maximum absolute atomic E-state index is 12.4. The lowest BCUT2D eigenvalue weighted by Gasteiger charge is -2.15. The first-order valence-electron chi connectivity index (χ1n) is 8.08. The van der Waals surface area contributed by atoms with Gasteiger partial charge >= 0.3 is 0 Å². The number of H-pyrrole nitrogens is 1. The topological polar surface area (TPSA) is 101 Å². The van der Waals surface area contributed by atoms with E-state index in [9.17, 15) is 8.42 Å². The molecule has 0 amide bonds. The van der Waals surface area contributed by atoms with Crippen molar-refractivity contribution in [1.29, 1.82) is 0 Å². The molecule has 1 unspecified atom stereocenters. The van der Waals surface area contributed by atoms with E-state index in [2.05, 4.69) is 20.2 Å². The van der Waals surface area contributed by atoms with Gasteiger partial charge in [0.25, 0.3) is 10.0 Å². The highest BCUT2D eigenvalue weighted by Crippen LogP contribution is 2.38. The minimum atomic E-state index is -3.49. The highest BCUT2D eigenvalue weighted by Gasteiger charge is 2.33. The largest absolute Gasteiger partial charge is 0.476 e. The maximum atomic E-state index is 12.4. The molecule has 3 heterocycles. The summed E-state index contributed by atoms with van der Waals surface area (Å²) in [5.74, 6) is 1.21. The van der Waals surface area contributed by atoms with E-state index in [4.69, 9.17) is 4.74 Å². The summed E-state index contributed by atoms with van der Waals surface area (Å²) in [6.07, 6.45) is 5.85. The van der Waals surface area contributed by atoms with Crippen LogP contribution in [0.3, 0.4) is 0 Å². The average Bonchev–Trinajstić information content (AvgIpc) is 3.09. The van der Waals surface area contributed by atoms with Crippen molar-refractivity contribution >= 4 is 10.0 Å². The van der Waals surface area contributed by atoms with E-state index in [0.29, 0.717) is 31.5 Å². The fourth-order valence-corrected chi connectivity index (χ4v) is 4.31. The molecule has 9 heteroatoms. The Kier molecular flexibility index (Phi) is 3.97. The van der Waals surface area contributed by atoms with E-state index in [-0.39, 0.29) is 10.9 Å². The van der Waals surface area contributed by atoms with Gasteiger partial charge in [-0.25, -0.2) is 13.4 Å². The summed E-state index contributed by atoms with van der Waals surface area (Å²) in [6.45, 7) is 1.36. The predicted molar refractivity (Wildman–Crippen MR) is 85.0 cm³/mol. The third kappa shape index (κ3) is 3.13. The smallest absolute Gasteiger partial charge is 0.260 e. The van der Waals surface area contributed by atoms with Crippen LogP contribution < -0.4 is 4.74 Å². The molecule has 2 fully saturated rings. The van der Waals surface area contributed by atoms with Crippen molar-refractivity contribution in [1.82, 2.24) is 24.5 Å². The van der Waals surface area contributed by atoms with E-state index in [1.165, 1.54) is 29.7 Å². The Morgan fingerprint density at radius 1 is 1.25 bits per heavy atom. The number of nitrogens with one attached hydrogen (secondary N) is 1. The molecule has 8 nitrogen and oxygen atoms in total. The molecule has 0 radical (unpaired) electrons. The number of sulfonamides is 1. The summed E-state index contributed by atoms with van der Waals surface area (Å²) in [5, 5.41) is 8.40. The minimum Gasteiger partial charge on any atom is -0.476 e. The fraction of sp³-hybridized carbons (Fsp3) is 0.533. The van der Waals surface area contributed by atoms with Crippen LogP contribution in [0.4, 0.5) is 0 Å². The molecule has 1 saturated heterocycles. The molecule has 1 aliphatic carbocycles. The monoisotopic (exact) mass is 349 g/mol. The highest BCUT2D eigenvalue weighted by molar-refractivity contribution is 7.89. The number of ether oxygens (including phenoxy) is 1. The lowest BCUT2D eigenvalue weighted by Crippen LogP contribution is -2.30. The second-order valence-corrected chi connectivity index (χ2v) is 8.22. The van der Waals surface area contributed by atoms with Gasteiger partial charge in [0.1, 0.15) is 0 Å². The fourth-order valence-electron chi connectivity index (χ4n) is 2.88. The Bertz CT molecular complexity index is 787. The van der Waals surface area contributed by atoms with Crippen LogP contribution in [-0.4, -0.2) is 52.6 Å². The number of aromatic nitrogens is 4. The Morgan fingerprint density at radius 2 is 2.12 bits per heavy atom. The molecule has 0 bridgehead atoms. The van der Waals surface area contributed by atoms with Crippen LogP contribution in [0.2, 0.25) is 0 Å². The summed E-state index contributed by atoms with van der Waals surface area (Å²) in [5.41, 5.74) is 1.03. The van der Waals surface area contributed by atoms with Crippen LogP contribution >= 0.6 is 0 Å². The highest BCUT2D eigenvalue weighted by atomic mass is 32.2. The molecule has 1 saturated carbocycles.